The Morgan fingerprint density at radius 3 is 1.74 bits per heavy atom. The fourth-order valence-corrected chi connectivity index (χ4v) is 1.20. The van der Waals surface area contributed by atoms with Crippen molar-refractivity contribution in [1.29, 1.82) is 0 Å². The third-order valence-electron chi connectivity index (χ3n) is 2.04. The summed E-state index contributed by atoms with van der Waals surface area (Å²) in [4.78, 5) is 46.8. The van der Waals surface area contributed by atoms with Crippen LogP contribution in [0.25, 0.3) is 0 Å². The van der Waals surface area contributed by atoms with Gasteiger partial charge < -0.3 is 36.2 Å². The minimum absolute atomic E-state index is 0.159. The molecule has 1 rings (SSSR count). The second-order valence-corrected chi connectivity index (χ2v) is 4.55. The Morgan fingerprint density at radius 1 is 0.926 bits per heavy atom. The summed E-state index contributed by atoms with van der Waals surface area (Å²) >= 11 is 5.87. The first-order valence-electron chi connectivity index (χ1n) is 6.77. The van der Waals surface area contributed by atoms with Crippen molar-refractivity contribution >= 4 is 41.4 Å². The second-order valence-electron chi connectivity index (χ2n) is 4.14. The third kappa shape index (κ3) is 17.2. The van der Waals surface area contributed by atoms with E-state index >= 15 is 0 Å². The molecule has 1 aromatic carbocycles. The summed E-state index contributed by atoms with van der Waals surface area (Å²) in [5, 5.41) is 33.0. The van der Waals surface area contributed by atoms with Crippen molar-refractivity contribution in [3.63, 3.8) is 0 Å². The number of rotatable bonds is 6. The Bertz CT molecular complexity index is 617. The Hall–Kier alpha value is -3.38. The number of carboxylic acid groups (broad SMARTS) is 4. The molecule has 27 heavy (non-hydrogen) atoms. The molecule has 13 heteroatoms. The molecule has 0 atom stereocenters. The SMILES string of the molecule is NC(=O)CNCCOc1ccccc1Cl.O=C(O)C(=O)O.O=C(O)C(=O)O. The largest absolute Gasteiger partial charge is 0.491 e. The fourth-order valence-electron chi connectivity index (χ4n) is 1.01. The molecule has 0 radical (unpaired) electrons. The zero-order valence-electron chi connectivity index (χ0n) is 13.6. The second kappa shape index (κ2) is 14.9. The van der Waals surface area contributed by atoms with Gasteiger partial charge in [-0.15, -0.1) is 0 Å². The van der Waals surface area contributed by atoms with E-state index in [4.69, 9.17) is 61.7 Å². The van der Waals surface area contributed by atoms with Gasteiger partial charge in [-0.2, -0.15) is 0 Å². The Kier molecular flexibility index (Phi) is 14.3. The molecule has 0 bridgehead atoms. The normalized spacial score (nSPS) is 8.78. The van der Waals surface area contributed by atoms with Crippen LogP contribution in [0.1, 0.15) is 0 Å². The van der Waals surface area contributed by atoms with Crippen LogP contribution in [0, 0.1) is 0 Å². The number of aliphatic carboxylic acids is 4. The first-order valence-corrected chi connectivity index (χ1v) is 7.15. The zero-order valence-corrected chi connectivity index (χ0v) is 14.4. The highest BCUT2D eigenvalue weighted by Crippen LogP contribution is 2.22. The highest BCUT2D eigenvalue weighted by Gasteiger charge is 2.04. The number of benzene rings is 1. The van der Waals surface area contributed by atoms with Crippen molar-refractivity contribution in [3.05, 3.63) is 29.3 Å². The van der Waals surface area contributed by atoms with Crippen molar-refractivity contribution in [2.45, 2.75) is 0 Å². The topological polar surface area (TPSA) is 214 Å². The number of carbonyl (C=O) groups is 5. The predicted octanol–water partition coefficient (Wildman–Crippen LogP) is -0.895. The van der Waals surface area contributed by atoms with Crippen molar-refractivity contribution in [2.75, 3.05) is 19.7 Å². The number of halogens is 1. The third-order valence-corrected chi connectivity index (χ3v) is 2.35. The van der Waals surface area contributed by atoms with Crippen LogP contribution < -0.4 is 15.8 Å². The van der Waals surface area contributed by atoms with Crippen molar-refractivity contribution in [2.24, 2.45) is 5.73 Å². The van der Waals surface area contributed by atoms with Gasteiger partial charge >= 0.3 is 23.9 Å². The molecule has 0 saturated heterocycles. The maximum absolute atomic E-state index is 10.4. The van der Waals surface area contributed by atoms with Crippen LogP contribution in [0.15, 0.2) is 24.3 Å². The lowest BCUT2D eigenvalue weighted by Gasteiger charge is -2.07. The molecule has 0 aliphatic carbocycles. The van der Waals surface area contributed by atoms with E-state index in [-0.39, 0.29) is 12.5 Å². The molecule has 0 fully saturated rings. The van der Waals surface area contributed by atoms with Gasteiger partial charge in [0, 0.05) is 6.54 Å². The first kappa shape index (κ1) is 25.9. The Morgan fingerprint density at radius 2 is 1.37 bits per heavy atom. The number of ether oxygens (including phenoxy) is 1. The summed E-state index contributed by atoms with van der Waals surface area (Å²) < 4.78 is 5.37. The molecule has 1 amide bonds. The number of carbonyl (C=O) groups excluding carboxylic acids is 1. The monoisotopic (exact) mass is 408 g/mol. The van der Waals surface area contributed by atoms with Gasteiger partial charge in [-0.25, -0.2) is 19.2 Å². The van der Waals surface area contributed by atoms with Gasteiger partial charge in [0.05, 0.1) is 11.6 Å². The highest BCUT2D eigenvalue weighted by atomic mass is 35.5. The first-order chi connectivity index (χ1) is 12.5. The Labute approximate surface area is 157 Å². The molecular weight excluding hydrogens is 392 g/mol. The van der Waals surface area contributed by atoms with E-state index in [9.17, 15) is 4.79 Å². The summed E-state index contributed by atoms with van der Waals surface area (Å²) in [6.07, 6.45) is 0. The average molecular weight is 409 g/mol. The maximum atomic E-state index is 10.4. The molecule has 0 saturated carbocycles. The number of carboxylic acids is 4. The zero-order chi connectivity index (χ0) is 21.4. The van der Waals surface area contributed by atoms with E-state index in [2.05, 4.69) is 5.32 Å². The van der Waals surface area contributed by atoms with E-state index in [0.717, 1.165) is 0 Å². The number of hydrogen-bond acceptors (Lipinski definition) is 7. The average Bonchev–Trinajstić information content (AvgIpc) is 2.56. The predicted molar refractivity (Wildman–Crippen MR) is 89.6 cm³/mol. The van der Waals surface area contributed by atoms with Crippen LogP contribution in [-0.2, 0) is 24.0 Å². The lowest BCUT2D eigenvalue weighted by molar-refractivity contribution is -0.159. The van der Waals surface area contributed by atoms with Gasteiger partial charge in [-0.1, -0.05) is 23.7 Å². The standard InChI is InChI=1S/C10H13ClN2O2.2C2H2O4/c11-8-3-1-2-4-9(8)15-6-5-13-7-10(12)14;2*3-1(4)2(5)6/h1-4,13H,5-7H2,(H2,12,14);2*(H,3,4)(H,5,6). The number of primary amides is 1. The van der Waals surface area contributed by atoms with Gasteiger partial charge in [-0.3, -0.25) is 4.79 Å². The van der Waals surface area contributed by atoms with E-state index in [1.54, 1.807) is 12.1 Å². The lowest BCUT2D eigenvalue weighted by atomic mass is 10.3. The molecule has 0 spiro atoms. The molecule has 1 aromatic rings. The summed E-state index contributed by atoms with van der Waals surface area (Å²) in [6, 6.07) is 7.22. The summed E-state index contributed by atoms with van der Waals surface area (Å²) in [5.41, 5.74) is 4.95. The summed E-state index contributed by atoms with van der Waals surface area (Å²) in [5.74, 6) is -7.04. The van der Waals surface area contributed by atoms with Crippen LogP contribution in [0.5, 0.6) is 5.75 Å². The van der Waals surface area contributed by atoms with E-state index in [0.29, 0.717) is 23.9 Å². The summed E-state index contributed by atoms with van der Waals surface area (Å²) in [6.45, 7) is 1.15. The molecule has 0 aromatic heterocycles. The number of hydrogen-bond donors (Lipinski definition) is 6. The minimum Gasteiger partial charge on any atom is -0.491 e. The number of nitrogens with two attached hydrogens (primary N) is 1. The smallest absolute Gasteiger partial charge is 0.414 e. The van der Waals surface area contributed by atoms with Crippen LogP contribution in [0.3, 0.4) is 0 Å². The van der Waals surface area contributed by atoms with Crippen molar-refractivity contribution < 1.29 is 49.1 Å². The highest BCUT2D eigenvalue weighted by molar-refractivity contribution is 6.32. The van der Waals surface area contributed by atoms with Crippen molar-refractivity contribution in [1.82, 2.24) is 5.32 Å². The fraction of sp³-hybridized carbons (Fsp3) is 0.214. The molecule has 12 nitrogen and oxygen atoms in total. The van der Waals surface area contributed by atoms with Crippen LogP contribution in [0.4, 0.5) is 0 Å². The molecule has 0 unspecified atom stereocenters. The molecule has 150 valence electrons. The van der Waals surface area contributed by atoms with Crippen LogP contribution in [-0.4, -0.2) is 69.9 Å². The van der Waals surface area contributed by atoms with E-state index in [1.165, 1.54) is 0 Å². The Balaban J connectivity index is 0. The van der Waals surface area contributed by atoms with Gasteiger partial charge in [-0.05, 0) is 12.1 Å². The molecule has 0 aliphatic heterocycles. The molecule has 0 aliphatic rings. The number of nitrogens with one attached hydrogen (secondary N) is 1. The molecular formula is C14H17ClN2O10. The molecule has 0 heterocycles. The quantitative estimate of drug-likeness (QED) is 0.250. The minimum atomic E-state index is -1.82. The van der Waals surface area contributed by atoms with E-state index in [1.807, 2.05) is 12.1 Å². The van der Waals surface area contributed by atoms with Crippen LogP contribution in [0.2, 0.25) is 5.02 Å². The van der Waals surface area contributed by atoms with Gasteiger partial charge in [0.1, 0.15) is 12.4 Å². The number of para-hydroxylation sites is 1. The van der Waals surface area contributed by atoms with Crippen molar-refractivity contribution in [3.8, 4) is 5.75 Å². The summed E-state index contributed by atoms with van der Waals surface area (Å²) in [7, 11) is 0. The van der Waals surface area contributed by atoms with Gasteiger partial charge in [0.15, 0.2) is 0 Å². The van der Waals surface area contributed by atoms with E-state index < -0.39 is 23.9 Å². The molecule has 7 N–H and O–H groups in total. The van der Waals surface area contributed by atoms with Gasteiger partial charge in [0.2, 0.25) is 5.91 Å². The van der Waals surface area contributed by atoms with Gasteiger partial charge in [0.25, 0.3) is 0 Å². The number of amides is 1. The van der Waals surface area contributed by atoms with Crippen LogP contribution >= 0.6 is 11.6 Å². The maximum Gasteiger partial charge on any atom is 0.414 e. The lowest BCUT2D eigenvalue weighted by Crippen LogP contribution is -2.31.